The number of benzene rings is 3. The van der Waals surface area contributed by atoms with Crippen molar-refractivity contribution in [2.75, 3.05) is 0 Å². The van der Waals surface area contributed by atoms with Crippen molar-refractivity contribution in [3.8, 4) is 0 Å². The van der Waals surface area contributed by atoms with Gasteiger partial charge >= 0.3 is 14.2 Å². The zero-order valence-corrected chi connectivity index (χ0v) is 27.9. The van der Waals surface area contributed by atoms with Gasteiger partial charge in [0.2, 0.25) is 0 Å². The summed E-state index contributed by atoms with van der Waals surface area (Å²) in [7, 11) is -2.06. The SMILES string of the molecule is CC(C)(C)c1cc(C(C)(C)C)c2op(OC(=O)Cc3ccccc3)oc3c(C(C)(C)C)cc(C(C)(C)C)cc3c2c1. The maximum Gasteiger partial charge on any atom is 0.455 e. The predicted molar refractivity (Wildman–Crippen MR) is 173 cm³/mol. The molecule has 0 amide bonds. The van der Waals surface area contributed by atoms with Gasteiger partial charge in [-0.05, 0) is 50.5 Å². The van der Waals surface area contributed by atoms with Crippen LogP contribution in [0.1, 0.15) is 111 Å². The Morgan fingerprint density at radius 1 is 0.634 bits per heavy atom. The molecule has 5 heteroatoms. The quantitative estimate of drug-likeness (QED) is 0.244. The number of rotatable bonds is 3. The van der Waals surface area contributed by atoms with Gasteiger partial charge < -0.3 is 12.9 Å². The molecule has 0 bridgehead atoms. The number of hydrogen-bond acceptors (Lipinski definition) is 4. The van der Waals surface area contributed by atoms with Crippen LogP contribution in [-0.2, 0) is 32.9 Å². The number of carbonyl (C=O) groups is 1. The highest BCUT2D eigenvalue weighted by Gasteiger charge is 2.29. The number of hydrogen-bond donors (Lipinski definition) is 0. The van der Waals surface area contributed by atoms with Crippen molar-refractivity contribution in [2.24, 2.45) is 0 Å². The third-order valence-electron chi connectivity index (χ3n) is 7.52. The molecule has 0 aliphatic carbocycles. The third kappa shape index (κ3) is 6.92. The molecule has 0 radical (unpaired) electrons. The highest BCUT2D eigenvalue weighted by Crippen LogP contribution is 2.45. The molecule has 0 unspecified atom stereocenters. The maximum atomic E-state index is 13.2. The van der Waals surface area contributed by atoms with Crippen LogP contribution >= 0.6 is 8.24 Å². The molecule has 0 aliphatic heterocycles. The summed E-state index contributed by atoms with van der Waals surface area (Å²) in [6.07, 6.45) is 0.149. The molecule has 4 rings (SSSR count). The van der Waals surface area contributed by atoms with Crippen LogP contribution in [0.4, 0.5) is 0 Å². The van der Waals surface area contributed by atoms with Crippen LogP contribution in [-0.4, -0.2) is 5.97 Å². The van der Waals surface area contributed by atoms with Gasteiger partial charge in [-0.1, -0.05) is 126 Å². The Kier molecular flexibility index (Phi) is 8.08. The molecule has 3 aromatic carbocycles. The van der Waals surface area contributed by atoms with Crippen LogP contribution in [0.2, 0.25) is 0 Å². The van der Waals surface area contributed by atoms with Gasteiger partial charge in [0.05, 0.1) is 6.42 Å². The second kappa shape index (κ2) is 10.7. The summed E-state index contributed by atoms with van der Waals surface area (Å²) >= 11 is 0. The van der Waals surface area contributed by atoms with E-state index in [-0.39, 0.29) is 34.1 Å². The third-order valence-corrected chi connectivity index (χ3v) is 8.53. The Balaban J connectivity index is 2.17. The van der Waals surface area contributed by atoms with Crippen molar-refractivity contribution in [2.45, 2.75) is 111 Å². The Hall–Kier alpha value is -2.97. The molecule has 0 fully saturated rings. The molecule has 4 aromatic rings. The van der Waals surface area contributed by atoms with Crippen molar-refractivity contribution in [3.05, 3.63) is 82.4 Å². The van der Waals surface area contributed by atoms with Gasteiger partial charge in [0.1, 0.15) is 11.2 Å². The minimum atomic E-state index is -2.06. The maximum absolute atomic E-state index is 13.2. The fraction of sp³-hybridized carbons (Fsp3) is 0.472. The molecule has 1 heterocycles. The van der Waals surface area contributed by atoms with E-state index in [1.807, 2.05) is 30.3 Å². The fourth-order valence-electron chi connectivity index (χ4n) is 4.92. The summed E-state index contributed by atoms with van der Waals surface area (Å²) < 4.78 is 19.3. The fourth-order valence-corrected chi connectivity index (χ4v) is 5.95. The first-order valence-electron chi connectivity index (χ1n) is 14.5. The lowest BCUT2D eigenvalue weighted by molar-refractivity contribution is -0.130. The summed E-state index contributed by atoms with van der Waals surface area (Å²) in [6, 6.07) is 18.6. The summed E-state index contributed by atoms with van der Waals surface area (Å²) in [5, 5.41) is 1.97. The van der Waals surface area contributed by atoms with Crippen LogP contribution in [0.5, 0.6) is 0 Å². The van der Waals surface area contributed by atoms with E-state index >= 15 is 0 Å². The van der Waals surface area contributed by atoms with E-state index in [9.17, 15) is 4.79 Å². The van der Waals surface area contributed by atoms with E-state index in [1.54, 1.807) is 0 Å². The molecule has 41 heavy (non-hydrogen) atoms. The van der Waals surface area contributed by atoms with E-state index in [0.29, 0.717) is 0 Å². The summed E-state index contributed by atoms with van der Waals surface area (Å²) in [5.74, 6) is -0.375. The van der Waals surface area contributed by atoms with Crippen molar-refractivity contribution in [1.82, 2.24) is 0 Å². The second-order valence-corrected chi connectivity index (χ2v) is 16.3. The van der Waals surface area contributed by atoms with E-state index in [2.05, 4.69) is 107 Å². The molecular formula is C36H47O4P. The molecule has 0 aliphatic rings. The molecular weight excluding hydrogens is 527 g/mol. The van der Waals surface area contributed by atoms with Gasteiger partial charge in [-0.25, -0.2) is 0 Å². The lowest BCUT2D eigenvalue weighted by Crippen LogP contribution is -2.17. The molecule has 1 aromatic heterocycles. The molecule has 0 saturated heterocycles. The number of fused-ring (bicyclic) bond motifs is 3. The standard InChI is InChI=1S/C36H47O4P/c1-33(2,3)24-19-26-27-20-25(34(4,5)6)22-29(36(10,11)12)32(27)40-41(39-31(26)28(21-24)35(7,8)9)38-30(37)18-23-16-14-13-15-17-23/h13-17,19-22H,18H2,1-12H3. The lowest BCUT2D eigenvalue weighted by atomic mass is 9.77. The topological polar surface area (TPSA) is 52.6 Å². The molecule has 4 nitrogen and oxygen atoms in total. The van der Waals surface area contributed by atoms with Gasteiger partial charge in [0.15, 0.2) is 0 Å². The summed E-state index contributed by atoms with van der Waals surface area (Å²) in [4.78, 5) is 13.2. The van der Waals surface area contributed by atoms with Gasteiger partial charge in [0, 0.05) is 21.9 Å². The van der Waals surface area contributed by atoms with Crippen molar-refractivity contribution in [1.29, 1.82) is 0 Å². The van der Waals surface area contributed by atoms with Crippen LogP contribution < -0.4 is 4.52 Å². The molecule has 220 valence electrons. The van der Waals surface area contributed by atoms with Gasteiger partial charge in [-0.2, -0.15) is 0 Å². The van der Waals surface area contributed by atoms with Crippen molar-refractivity contribution in [3.63, 3.8) is 0 Å². The van der Waals surface area contributed by atoms with Crippen LogP contribution in [0.3, 0.4) is 0 Å². The average Bonchev–Trinajstić information content (AvgIpc) is 2.97. The van der Waals surface area contributed by atoms with Crippen LogP contribution in [0, 0.1) is 0 Å². The Bertz CT molecular complexity index is 1520. The summed E-state index contributed by atoms with van der Waals surface area (Å²) in [6.45, 7) is 26.6. The van der Waals surface area contributed by atoms with Gasteiger partial charge in [-0.15, -0.1) is 0 Å². The first-order valence-corrected chi connectivity index (χ1v) is 15.6. The predicted octanol–water partition coefficient (Wildman–Crippen LogP) is 10.7. The van der Waals surface area contributed by atoms with Crippen molar-refractivity contribution < 1.29 is 17.7 Å². The largest absolute Gasteiger partial charge is 0.455 e. The summed E-state index contributed by atoms with van der Waals surface area (Å²) in [5.41, 5.74) is 6.33. The first-order chi connectivity index (χ1) is 18.7. The Labute approximate surface area is 247 Å². The average molecular weight is 575 g/mol. The molecule has 0 spiro atoms. The Morgan fingerprint density at radius 2 is 1.05 bits per heavy atom. The molecule has 0 N–H and O–H groups in total. The molecule has 0 saturated carbocycles. The highest BCUT2D eigenvalue weighted by molar-refractivity contribution is 7.32. The van der Waals surface area contributed by atoms with E-state index in [4.69, 9.17) is 12.9 Å². The normalized spacial score (nSPS) is 13.1. The van der Waals surface area contributed by atoms with Gasteiger partial charge in [0.25, 0.3) is 0 Å². The van der Waals surface area contributed by atoms with Gasteiger partial charge in [-0.3, -0.25) is 4.79 Å². The van der Waals surface area contributed by atoms with Crippen LogP contribution in [0.15, 0.2) is 63.0 Å². The monoisotopic (exact) mass is 574 g/mol. The zero-order chi connectivity index (χ0) is 30.5. The number of carbonyl (C=O) groups excluding carboxylic acids is 1. The smallest absolute Gasteiger partial charge is 0.390 e. The second-order valence-electron chi connectivity index (χ2n) is 15.3. The van der Waals surface area contributed by atoms with E-state index < -0.39 is 8.24 Å². The zero-order valence-electron chi connectivity index (χ0n) is 27.0. The van der Waals surface area contributed by atoms with E-state index in [0.717, 1.165) is 38.6 Å². The van der Waals surface area contributed by atoms with Crippen LogP contribution in [0.25, 0.3) is 21.9 Å². The molecule has 0 atom stereocenters. The van der Waals surface area contributed by atoms with E-state index in [1.165, 1.54) is 11.1 Å². The minimum Gasteiger partial charge on any atom is -0.390 e. The Morgan fingerprint density at radius 3 is 1.41 bits per heavy atom. The first kappa shape index (κ1) is 31.0. The van der Waals surface area contributed by atoms with Crippen molar-refractivity contribution >= 4 is 36.1 Å². The lowest BCUT2D eigenvalue weighted by Gasteiger charge is -2.27. The minimum absolute atomic E-state index is 0.0796. The highest BCUT2D eigenvalue weighted by atomic mass is 31.1.